The first-order valence-electron chi connectivity index (χ1n) is 7.38. The lowest BCUT2D eigenvalue weighted by Crippen LogP contribution is -2.08. The van der Waals surface area contributed by atoms with Gasteiger partial charge in [0.1, 0.15) is 24.7 Å². The van der Waals surface area contributed by atoms with Gasteiger partial charge in [-0.15, -0.1) is 0 Å². The summed E-state index contributed by atoms with van der Waals surface area (Å²) in [6.45, 7) is 3.29. The molecule has 0 aliphatic heterocycles. The van der Waals surface area contributed by atoms with Crippen molar-refractivity contribution in [2.75, 3.05) is 13.2 Å². The summed E-state index contributed by atoms with van der Waals surface area (Å²) >= 11 is 3.42. The molecule has 2 aromatic rings. The maximum atomic E-state index is 5.68. The SMILES string of the molecule is CCCCc1ccc(OCCOc2cccc(Br)c2)cc1. The van der Waals surface area contributed by atoms with Crippen molar-refractivity contribution in [3.63, 3.8) is 0 Å². The van der Waals surface area contributed by atoms with Crippen molar-refractivity contribution >= 4 is 15.9 Å². The van der Waals surface area contributed by atoms with E-state index in [1.807, 2.05) is 36.4 Å². The normalized spacial score (nSPS) is 10.4. The van der Waals surface area contributed by atoms with Gasteiger partial charge in [0.05, 0.1) is 0 Å². The minimum atomic E-state index is 0.536. The summed E-state index contributed by atoms with van der Waals surface area (Å²) in [4.78, 5) is 0. The smallest absolute Gasteiger partial charge is 0.122 e. The molecule has 112 valence electrons. The Hall–Kier alpha value is -1.48. The average Bonchev–Trinajstić information content (AvgIpc) is 2.51. The Morgan fingerprint density at radius 3 is 2.29 bits per heavy atom. The molecule has 0 bridgehead atoms. The van der Waals surface area contributed by atoms with E-state index < -0.39 is 0 Å². The highest BCUT2D eigenvalue weighted by molar-refractivity contribution is 9.10. The highest BCUT2D eigenvalue weighted by Crippen LogP contribution is 2.18. The predicted molar refractivity (Wildman–Crippen MR) is 90.2 cm³/mol. The molecule has 0 aliphatic carbocycles. The van der Waals surface area contributed by atoms with Crippen LogP contribution in [0.5, 0.6) is 11.5 Å². The van der Waals surface area contributed by atoms with Gasteiger partial charge in [0, 0.05) is 4.47 Å². The Labute approximate surface area is 135 Å². The summed E-state index contributed by atoms with van der Waals surface area (Å²) in [5, 5.41) is 0. The molecule has 0 aliphatic rings. The van der Waals surface area contributed by atoms with Gasteiger partial charge in [-0.2, -0.15) is 0 Å². The Morgan fingerprint density at radius 2 is 1.62 bits per heavy atom. The molecule has 0 aromatic heterocycles. The van der Waals surface area contributed by atoms with Gasteiger partial charge in [-0.25, -0.2) is 0 Å². The van der Waals surface area contributed by atoms with Crippen LogP contribution in [0.25, 0.3) is 0 Å². The number of halogens is 1. The van der Waals surface area contributed by atoms with Crippen molar-refractivity contribution in [2.24, 2.45) is 0 Å². The van der Waals surface area contributed by atoms with Crippen molar-refractivity contribution in [3.05, 3.63) is 58.6 Å². The molecule has 21 heavy (non-hydrogen) atoms. The fraction of sp³-hybridized carbons (Fsp3) is 0.333. The van der Waals surface area contributed by atoms with E-state index >= 15 is 0 Å². The number of ether oxygens (including phenoxy) is 2. The molecule has 0 atom stereocenters. The first-order chi connectivity index (χ1) is 10.3. The second kappa shape index (κ2) is 8.73. The molecule has 2 nitrogen and oxygen atoms in total. The number of hydrogen-bond acceptors (Lipinski definition) is 2. The van der Waals surface area contributed by atoms with Gasteiger partial charge < -0.3 is 9.47 Å². The van der Waals surface area contributed by atoms with E-state index in [-0.39, 0.29) is 0 Å². The van der Waals surface area contributed by atoms with E-state index in [2.05, 4.69) is 35.0 Å². The van der Waals surface area contributed by atoms with E-state index in [4.69, 9.17) is 9.47 Å². The minimum absolute atomic E-state index is 0.536. The lowest BCUT2D eigenvalue weighted by molar-refractivity contribution is 0.217. The molecule has 0 N–H and O–H groups in total. The molecule has 3 heteroatoms. The van der Waals surface area contributed by atoms with Gasteiger partial charge in [0.25, 0.3) is 0 Å². The molecular weight excluding hydrogens is 328 g/mol. The molecule has 0 unspecified atom stereocenters. The third-order valence-electron chi connectivity index (χ3n) is 3.16. The fourth-order valence-corrected chi connectivity index (χ4v) is 2.39. The van der Waals surface area contributed by atoms with Crippen LogP contribution in [0.2, 0.25) is 0 Å². The second-order valence-corrected chi connectivity index (χ2v) is 5.82. The number of benzene rings is 2. The Balaban J connectivity index is 1.71. The van der Waals surface area contributed by atoms with Crippen LogP contribution in [-0.4, -0.2) is 13.2 Å². The van der Waals surface area contributed by atoms with Crippen LogP contribution in [0.3, 0.4) is 0 Å². The molecule has 0 heterocycles. The fourth-order valence-electron chi connectivity index (χ4n) is 2.01. The number of aryl methyl sites for hydroxylation is 1. The first kappa shape index (κ1) is 15.9. The number of unbranched alkanes of at least 4 members (excludes halogenated alkanes) is 1. The standard InChI is InChI=1S/C18H21BrO2/c1-2-3-5-15-8-10-17(11-9-15)20-12-13-21-18-7-4-6-16(19)14-18/h4,6-11,14H,2-3,5,12-13H2,1H3. The molecule has 0 saturated heterocycles. The quantitative estimate of drug-likeness (QED) is 0.606. The van der Waals surface area contributed by atoms with Crippen LogP contribution in [0, 0.1) is 0 Å². The van der Waals surface area contributed by atoms with E-state index in [0.29, 0.717) is 13.2 Å². The van der Waals surface area contributed by atoms with Crippen LogP contribution >= 0.6 is 15.9 Å². The van der Waals surface area contributed by atoms with E-state index in [1.165, 1.54) is 18.4 Å². The average molecular weight is 349 g/mol. The monoisotopic (exact) mass is 348 g/mol. The summed E-state index contributed by atoms with van der Waals surface area (Å²) in [5.41, 5.74) is 1.37. The summed E-state index contributed by atoms with van der Waals surface area (Å²) < 4.78 is 12.3. The first-order valence-corrected chi connectivity index (χ1v) is 8.17. The van der Waals surface area contributed by atoms with Gasteiger partial charge in [-0.1, -0.05) is 47.5 Å². The zero-order valence-electron chi connectivity index (χ0n) is 12.3. The van der Waals surface area contributed by atoms with Crippen molar-refractivity contribution in [1.82, 2.24) is 0 Å². The Kier molecular flexibility index (Phi) is 6.61. The Bertz CT molecular complexity index is 537. The van der Waals surface area contributed by atoms with Crippen LogP contribution in [0.15, 0.2) is 53.0 Å². The summed E-state index contributed by atoms with van der Waals surface area (Å²) in [6.07, 6.45) is 3.61. The zero-order chi connectivity index (χ0) is 14.9. The summed E-state index contributed by atoms with van der Waals surface area (Å²) in [6, 6.07) is 16.2. The maximum absolute atomic E-state index is 5.68. The summed E-state index contributed by atoms with van der Waals surface area (Å²) in [7, 11) is 0. The highest BCUT2D eigenvalue weighted by Gasteiger charge is 1.98. The van der Waals surface area contributed by atoms with Gasteiger partial charge in [0.2, 0.25) is 0 Å². The third kappa shape index (κ3) is 5.80. The van der Waals surface area contributed by atoms with Crippen molar-refractivity contribution in [2.45, 2.75) is 26.2 Å². The number of rotatable bonds is 8. The van der Waals surface area contributed by atoms with Crippen molar-refractivity contribution < 1.29 is 9.47 Å². The third-order valence-corrected chi connectivity index (χ3v) is 3.65. The van der Waals surface area contributed by atoms with Crippen molar-refractivity contribution in [3.8, 4) is 11.5 Å². The highest BCUT2D eigenvalue weighted by atomic mass is 79.9. The van der Waals surface area contributed by atoms with E-state index in [0.717, 1.165) is 22.4 Å². The molecule has 2 rings (SSSR count). The van der Waals surface area contributed by atoms with Gasteiger partial charge in [-0.05, 0) is 48.7 Å². The number of hydrogen-bond donors (Lipinski definition) is 0. The molecular formula is C18H21BrO2. The maximum Gasteiger partial charge on any atom is 0.122 e. The molecule has 0 fully saturated rings. The van der Waals surface area contributed by atoms with Gasteiger partial charge in [0.15, 0.2) is 0 Å². The molecule has 0 saturated carbocycles. The van der Waals surface area contributed by atoms with E-state index in [1.54, 1.807) is 0 Å². The molecule has 0 radical (unpaired) electrons. The molecule has 0 amide bonds. The topological polar surface area (TPSA) is 18.5 Å². The largest absolute Gasteiger partial charge is 0.490 e. The van der Waals surface area contributed by atoms with Gasteiger partial charge in [-0.3, -0.25) is 0 Å². The molecule has 2 aromatic carbocycles. The minimum Gasteiger partial charge on any atom is -0.490 e. The summed E-state index contributed by atoms with van der Waals surface area (Å²) in [5.74, 6) is 1.75. The Morgan fingerprint density at radius 1 is 0.905 bits per heavy atom. The lowest BCUT2D eigenvalue weighted by Gasteiger charge is -2.09. The van der Waals surface area contributed by atoms with Crippen molar-refractivity contribution in [1.29, 1.82) is 0 Å². The van der Waals surface area contributed by atoms with E-state index in [9.17, 15) is 0 Å². The zero-order valence-corrected chi connectivity index (χ0v) is 13.9. The van der Waals surface area contributed by atoms with Gasteiger partial charge >= 0.3 is 0 Å². The lowest BCUT2D eigenvalue weighted by atomic mass is 10.1. The molecule has 0 spiro atoms. The second-order valence-electron chi connectivity index (χ2n) is 4.90. The van der Waals surface area contributed by atoms with Crippen LogP contribution in [-0.2, 0) is 6.42 Å². The predicted octanol–water partition coefficient (Wildman–Crippen LogP) is 5.25. The van der Waals surface area contributed by atoms with Crippen LogP contribution < -0.4 is 9.47 Å². The van der Waals surface area contributed by atoms with Crippen LogP contribution in [0.4, 0.5) is 0 Å². The van der Waals surface area contributed by atoms with Crippen LogP contribution in [0.1, 0.15) is 25.3 Å².